The van der Waals surface area contributed by atoms with Crippen LogP contribution in [0.4, 0.5) is 17.6 Å². The van der Waals surface area contributed by atoms with Crippen LogP contribution in [0, 0.1) is 29.1 Å². The van der Waals surface area contributed by atoms with Crippen LogP contribution in [0.25, 0.3) is 0 Å². The molecule has 0 bridgehead atoms. The maximum atomic E-state index is 13.5. The first-order valence-electron chi connectivity index (χ1n) is 11.7. The van der Waals surface area contributed by atoms with Gasteiger partial charge in [-0.05, 0) is 57.0 Å². The molecule has 29 heavy (non-hydrogen) atoms. The molecule has 5 atom stereocenters. The summed E-state index contributed by atoms with van der Waals surface area (Å²) >= 11 is 0. The lowest BCUT2D eigenvalue weighted by Crippen LogP contribution is -2.49. The molecule has 166 valence electrons. The second-order valence-electron chi connectivity index (χ2n) is 11.6. The largest absolute Gasteiger partial charge is 0.297 e. The molecule has 6 heteroatoms. The van der Waals surface area contributed by atoms with Gasteiger partial charge in [0.15, 0.2) is 0 Å². The zero-order valence-corrected chi connectivity index (χ0v) is 18.3. The van der Waals surface area contributed by atoms with Crippen molar-refractivity contribution in [2.75, 3.05) is 26.2 Å². The van der Waals surface area contributed by atoms with Gasteiger partial charge in [0.1, 0.15) is 0 Å². The van der Waals surface area contributed by atoms with Crippen LogP contribution in [0.5, 0.6) is 0 Å². The molecule has 0 amide bonds. The molecule has 6 rings (SSSR count). The van der Waals surface area contributed by atoms with Gasteiger partial charge in [0.25, 0.3) is 11.8 Å². The number of halogens is 4. The molecule has 4 heterocycles. The molecule has 0 N–H and O–H groups in total. The zero-order chi connectivity index (χ0) is 21.0. The van der Waals surface area contributed by atoms with Gasteiger partial charge in [-0.3, -0.25) is 9.80 Å². The van der Waals surface area contributed by atoms with Gasteiger partial charge in [-0.25, -0.2) is 17.6 Å². The standard InChI is InChI=1S/C12H19F2N.C11H17F2N/c1-9(2)11-4-3-5-15(11)8-10(6-11)7-12(10,13)14;1-7(2)10-4-3-5-14(10)6-8-9(10)11(8,12)13/h9H,3-8H2,1-2H3;7-9H,3-6H2,1-2H3. The van der Waals surface area contributed by atoms with E-state index in [1.54, 1.807) is 0 Å². The third kappa shape index (κ3) is 2.48. The Morgan fingerprint density at radius 3 is 2.00 bits per heavy atom. The predicted molar refractivity (Wildman–Crippen MR) is 105 cm³/mol. The summed E-state index contributed by atoms with van der Waals surface area (Å²) in [4.78, 5) is 4.70. The monoisotopic (exact) mass is 416 g/mol. The lowest BCUT2D eigenvalue weighted by molar-refractivity contribution is -0.0101. The molecule has 0 aromatic carbocycles. The van der Waals surface area contributed by atoms with Crippen LogP contribution < -0.4 is 0 Å². The maximum Gasteiger partial charge on any atom is 0.257 e. The summed E-state index contributed by atoms with van der Waals surface area (Å²) in [6.45, 7) is 12.0. The maximum absolute atomic E-state index is 13.5. The summed E-state index contributed by atoms with van der Waals surface area (Å²) in [5.41, 5.74) is -0.661. The summed E-state index contributed by atoms with van der Waals surface area (Å²) in [5, 5.41) is 0. The van der Waals surface area contributed by atoms with Crippen molar-refractivity contribution in [1.82, 2.24) is 9.80 Å². The number of fused-ring (bicyclic) bond motifs is 4. The molecule has 2 nitrogen and oxygen atoms in total. The summed E-state index contributed by atoms with van der Waals surface area (Å²) in [6, 6.07) is 0. The minimum Gasteiger partial charge on any atom is -0.297 e. The minimum absolute atomic E-state index is 0.111. The average molecular weight is 417 g/mol. The molecule has 0 aromatic rings. The lowest BCUT2D eigenvalue weighted by Gasteiger charge is -2.39. The van der Waals surface area contributed by atoms with Crippen molar-refractivity contribution in [2.24, 2.45) is 29.1 Å². The Labute approximate surface area is 172 Å². The van der Waals surface area contributed by atoms with Crippen LogP contribution in [0.15, 0.2) is 0 Å². The van der Waals surface area contributed by atoms with E-state index in [4.69, 9.17) is 0 Å². The van der Waals surface area contributed by atoms with E-state index in [1.165, 1.54) is 6.42 Å². The topological polar surface area (TPSA) is 6.48 Å². The van der Waals surface area contributed by atoms with Crippen molar-refractivity contribution < 1.29 is 17.6 Å². The predicted octanol–water partition coefficient (Wildman–Crippen LogP) is 5.28. The second kappa shape index (κ2) is 5.90. The van der Waals surface area contributed by atoms with Crippen LogP contribution in [-0.4, -0.2) is 58.9 Å². The van der Waals surface area contributed by atoms with E-state index in [0.717, 1.165) is 38.8 Å². The molecule has 6 aliphatic rings. The van der Waals surface area contributed by atoms with Crippen molar-refractivity contribution in [3.63, 3.8) is 0 Å². The van der Waals surface area contributed by atoms with Crippen molar-refractivity contribution in [3.8, 4) is 0 Å². The molecule has 1 spiro atoms. The molecule has 0 radical (unpaired) electrons. The first-order valence-corrected chi connectivity index (χ1v) is 11.7. The zero-order valence-electron chi connectivity index (χ0n) is 18.3. The Morgan fingerprint density at radius 2 is 1.45 bits per heavy atom. The summed E-state index contributed by atoms with van der Waals surface area (Å²) in [7, 11) is 0. The normalized spacial score (nSPS) is 48.6. The van der Waals surface area contributed by atoms with Crippen molar-refractivity contribution in [2.45, 2.75) is 89.1 Å². The van der Waals surface area contributed by atoms with Crippen molar-refractivity contribution in [1.29, 1.82) is 0 Å². The first-order chi connectivity index (χ1) is 13.4. The highest BCUT2D eigenvalue weighted by Crippen LogP contribution is 2.71. The Balaban J connectivity index is 0.000000125. The lowest BCUT2D eigenvalue weighted by atomic mass is 9.79. The fraction of sp³-hybridized carbons (Fsp3) is 1.00. The van der Waals surface area contributed by atoms with E-state index < -0.39 is 17.3 Å². The Hall–Kier alpha value is -0.360. The number of piperidine rings is 1. The third-order valence-corrected chi connectivity index (χ3v) is 9.84. The summed E-state index contributed by atoms with van der Waals surface area (Å²) in [6.07, 6.45) is 5.30. The molecule has 5 unspecified atom stereocenters. The van der Waals surface area contributed by atoms with Gasteiger partial charge in [-0.1, -0.05) is 27.7 Å². The molecule has 4 saturated heterocycles. The fourth-order valence-electron chi connectivity index (χ4n) is 8.08. The van der Waals surface area contributed by atoms with E-state index in [0.29, 0.717) is 24.9 Å². The number of hydrogen-bond donors (Lipinski definition) is 0. The van der Waals surface area contributed by atoms with Crippen LogP contribution in [0.2, 0.25) is 0 Å². The van der Waals surface area contributed by atoms with Crippen LogP contribution >= 0.6 is 0 Å². The molecule has 4 aliphatic heterocycles. The van der Waals surface area contributed by atoms with Crippen molar-refractivity contribution in [3.05, 3.63) is 0 Å². The molecular formula is C23H36F4N2. The van der Waals surface area contributed by atoms with Gasteiger partial charge in [-0.15, -0.1) is 0 Å². The number of alkyl halides is 4. The van der Waals surface area contributed by atoms with Gasteiger partial charge in [0, 0.05) is 36.5 Å². The van der Waals surface area contributed by atoms with Crippen LogP contribution in [0.1, 0.15) is 66.2 Å². The van der Waals surface area contributed by atoms with Crippen molar-refractivity contribution >= 4 is 0 Å². The van der Waals surface area contributed by atoms with Crippen LogP contribution in [-0.2, 0) is 0 Å². The van der Waals surface area contributed by atoms with Gasteiger partial charge < -0.3 is 0 Å². The summed E-state index contributed by atoms with van der Waals surface area (Å²) < 4.78 is 53.7. The first kappa shape index (κ1) is 20.5. The van der Waals surface area contributed by atoms with Crippen LogP contribution in [0.3, 0.4) is 0 Å². The quantitative estimate of drug-likeness (QED) is 0.565. The SMILES string of the molecule is CC(C)C12CCCN1CC1(C2)CC1(F)F.CC(C)C12CCCN1CC1C2C1(F)F. The van der Waals surface area contributed by atoms with E-state index in [2.05, 4.69) is 37.5 Å². The summed E-state index contributed by atoms with van der Waals surface area (Å²) in [5.74, 6) is -4.46. The highest BCUT2D eigenvalue weighted by Gasteiger charge is 2.81. The molecule has 2 saturated carbocycles. The van der Waals surface area contributed by atoms with Gasteiger partial charge >= 0.3 is 0 Å². The van der Waals surface area contributed by atoms with Gasteiger partial charge in [-0.2, -0.15) is 0 Å². The van der Waals surface area contributed by atoms with E-state index in [9.17, 15) is 17.6 Å². The second-order valence-corrected chi connectivity index (χ2v) is 11.6. The van der Waals surface area contributed by atoms with E-state index >= 15 is 0 Å². The van der Waals surface area contributed by atoms with Gasteiger partial charge in [0.05, 0.1) is 11.3 Å². The van der Waals surface area contributed by atoms with Gasteiger partial charge in [0.2, 0.25) is 0 Å². The average Bonchev–Trinajstić information content (AvgIpc) is 3.07. The molecule has 0 aromatic heterocycles. The number of nitrogens with zero attached hydrogens (tertiary/aromatic N) is 2. The Morgan fingerprint density at radius 1 is 0.828 bits per heavy atom. The minimum atomic E-state index is -2.36. The van der Waals surface area contributed by atoms with E-state index in [-0.39, 0.29) is 29.3 Å². The Kier molecular flexibility index (Phi) is 4.18. The Bertz CT molecular complexity index is 694. The molecule has 2 aliphatic carbocycles. The highest BCUT2D eigenvalue weighted by molar-refractivity contribution is 5.26. The highest BCUT2D eigenvalue weighted by atomic mass is 19.3. The number of rotatable bonds is 2. The number of hydrogen-bond acceptors (Lipinski definition) is 2. The fourth-order valence-corrected chi connectivity index (χ4v) is 8.08. The molecular weight excluding hydrogens is 380 g/mol. The smallest absolute Gasteiger partial charge is 0.257 e. The van der Waals surface area contributed by atoms with E-state index in [1.807, 2.05) is 0 Å². The third-order valence-electron chi connectivity index (χ3n) is 9.84. The molecule has 6 fully saturated rings.